The van der Waals surface area contributed by atoms with Gasteiger partial charge in [-0.05, 0) is 50.4 Å². The summed E-state index contributed by atoms with van der Waals surface area (Å²) in [6.07, 6.45) is 4.78. The van der Waals surface area contributed by atoms with E-state index in [1.807, 2.05) is 31.2 Å². The third-order valence-electron chi connectivity index (χ3n) is 3.56. The highest BCUT2D eigenvalue weighted by Crippen LogP contribution is 2.10. The molecule has 1 aliphatic rings. The molecule has 4 nitrogen and oxygen atoms in total. The van der Waals surface area contributed by atoms with E-state index < -0.39 is 0 Å². The minimum atomic E-state index is -0.0906. The maximum absolute atomic E-state index is 11.7. The van der Waals surface area contributed by atoms with Gasteiger partial charge in [0.1, 0.15) is 6.61 Å². The number of ether oxygens (including phenoxy) is 1. The number of hydrogen-bond donors (Lipinski definition) is 2. The lowest BCUT2D eigenvalue weighted by molar-refractivity contribution is -0.120. The Morgan fingerprint density at radius 1 is 1.45 bits per heavy atom. The first-order chi connectivity index (χ1) is 9.74. The zero-order chi connectivity index (χ0) is 14.2. The van der Waals surface area contributed by atoms with Gasteiger partial charge in [-0.2, -0.15) is 0 Å². The van der Waals surface area contributed by atoms with Crippen molar-refractivity contribution in [1.29, 1.82) is 0 Å². The molecule has 2 rings (SSSR count). The summed E-state index contributed by atoms with van der Waals surface area (Å²) >= 11 is 0. The number of aryl methyl sites for hydroxylation is 1. The lowest BCUT2D eigenvalue weighted by Crippen LogP contribution is -2.35. The van der Waals surface area contributed by atoms with Crippen LogP contribution < -0.4 is 10.6 Å². The molecule has 2 N–H and O–H groups in total. The molecular weight excluding hydrogens is 252 g/mol. The zero-order valence-electron chi connectivity index (χ0n) is 12.2. The third-order valence-corrected chi connectivity index (χ3v) is 3.56. The minimum absolute atomic E-state index is 0.0906. The fourth-order valence-electron chi connectivity index (χ4n) is 2.48. The Hall–Kier alpha value is -1.39. The quantitative estimate of drug-likeness (QED) is 0.785. The van der Waals surface area contributed by atoms with E-state index in [0.29, 0.717) is 12.6 Å². The van der Waals surface area contributed by atoms with Gasteiger partial charge in [0.25, 0.3) is 0 Å². The average Bonchev–Trinajstić information content (AvgIpc) is 2.45. The lowest BCUT2D eigenvalue weighted by Gasteiger charge is -2.23. The van der Waals surface area contributed by atoms with Crippen LogP contribution in [0.1, 0.15) is 31.2 Å². The van der Waals surface area contributed by atoms with E-state index in [1.165, 1.54) is 19.3 Å². The highest BCUT2D eigenvalue weighted by atomic mass is 16.5. The number of benzene rings is 1. The van der Waals surface area contributed by atoms with Crippen LogP contribution in [0.15, 0.2) is 24.3 Å². The molecular formula is C16H24N2O2. The predicted octanol–water partition coefficient (Wildman–Crippen LogP) is 2.48. The molecule has 0 aromatic heterocycles. The Labute approximate surface area is 120 Å². The SMILES string of the molecule is Cc1cccc(NC(=O)COCCC2CCCCN2)c1. The topological polar surface area (TPSA) is 50.4 Å². The molecule has 0 aliphatic carbocycles. The van der Waals surface area contributed by atoms with Gasteiger partial charge in [0.2, 0.25) is 5.91 Å². The summed E-state index contributed by atoms with van der Waals surface area (Å²) in [5.41, 5.74) is 1.96. The fourth-order valence-corrected chi connectivity index (χ4v) is 2.48. The van der Waals surface area contributed by atoms with Gasteiger partial charge in [-0.1, -0.05) is 18.6 Å². The summed E-state index contributed by atoms with van der Waals surface area (Å²) in [5, 5.41) is 6.31. The molecule has 0 radical (unpaired) electrons. The lowest BCUT2D eigenvalue weighted by atomic mass is 10.0. The van der Waals surface area contributed by atoms with Crippen LogP contribution in [0.4, 0.5) is 5.69 Å². The number of amides is 1. The number of hydrogen-bond acceptors (Lipinski definition) is 3. The van der Waals surface area contributed by atoms with Crippen LogP contribution in [-0.4, -0.2) is 31.7 Å². The number of rotatable bonds is 6. The van der Waals surface area contributed by atoms with Crippen molar-refractivity contribution in [3.05, 3.63) is 29.8 Å². The molecule has 1 atom stereocenters. The molecule has 1 aliphatic heterocycles. The standard InChI is InChI=1S/C16H24N2O2/c1-13-5-4-7-15(11-13)18-16(19)12-20-10-8-14-6-2-3-9-17-14/h4-5,7,11,14,17H,2-3,6,8-10,12H2,1H3,(H,18,19). The molecule has 20 heavy (non-hydrogen) atoms. The van der Waals surface area contributed by atoms with Gasteiger partial charge < -0.3 is 15.4 Å². The Morgan fingerprint density at radius 2 is 2.35 bits per heavy atom. The predicted molar refractivity (Wildman–Crippen MR) is 80.9 cm³/mol. The first-order valence-electron chi connectivity index (χ1n) is 7.42. The van der Waals surface area contributed by atoms with Crippen molar-refractivity contribution >= 4 is 11.6 Å². The van der Waals surface area contributed by atoms with E-state index in [4.69, 9.17) is 4.74 Å². The van der Waals surface area contributed by atoms with Crippen LogP contribution in [0.2, 0.25) is 0 Å². The summed E-state index contributed by atoms with van der Waals surface area (Å²) in [5.74, 6) is -0.0906. The van der Waals surface area contributed by atoms with Crippen LogP contribution in [0.5, 0.6) is 0 Å². The van der Waals surface area contributed by atoms with Crippen LogP contribution >= 0.6 is 0 Å². The van der Waals surface area contributed by atoms with Crippen molar-refractivity contribution in [1.82, 2.24) is 5.32 Å². The number of anilines is 1. The molecule has 0 saturated carbocycles. The second-order valence-corrected chi connectivity index (χ2v) is 5.41. The fraction of sp³-hybridized carbons (Fsp3) is 0.562. The van der Waals surface area contributed by atoms with E-state index >= 15 is 0 Å². The van der Waals surface area contributed by atoms with Crippen LogP contribution in [0, 0.1) is 6.92 Å². The van der Waals surface area contributed by atoms with Crippen molar-refractivity contribution in [3.8, 4) is 0 Å². The molecule has 1 amide bonds. The molecule has 4 heteroatoms. The van der Waals surface area contributed by atoms with Gasteiger partial charge in [0.05, 0.1) is 0 Å². The highest BCUT2D eigenvalue weighted by molar-refractivity contribution is 5.91. The molecule has 1 aromatic carbocycles. The van der Waals surface area contributed by atoms with Crippen molar-refractivity contribution in [2.24, 2.45) is 0 Å². The minimum Gasteiger partial charge on any atom is -0.372 e. The Balaban J connectivity index is 1.60. The number of carbonyl (C=O) groups is 1. The van der Waals surface area contributed by atoms with Crippen LogP contribution in [0.3, 0.4) is 0 Å². The van der Waals surface area contributed by atoms with Crippen molar-refractivity contribution in [2.45, 2.75) is 38.6 Å². The molecule has 110 valence electrons. The van der Waals surface area contributed by atoms with Crippen LogP contribution in [-0.2, 0) is 9.53 Å². The van der Waals surface area contributed by atoms with Crippen molar-refractivity contribution < 1.29 is 9.53 Å². The summed E-state index contributed by atoms with van der Waals surface area (Å²) in [4.78, 5) is 11.7. The third kappa shape index (κ3) is 5.31. The Kier molecular flexibility index (Phi) is 6.02. The van der Waals surface area contributed by atoms with E-state index in [2.05, 4.69) is 10.6 Å². The van der Waals surface area contributed by atoms with Crippen molar-refractivity contribution in [3.63, 3.8) is 0 Å². The van der Waals surface area contributed by atoms with Gasteiger partial charge in [0, 0.05) is 18.3 Å². The maximum atomic E-state index is 11.7. The maximum Gasteiger partial charge on any atom is 0.250 e. The number of nitrogens with one attached hydrogen (secondary N) is 2. The number of carbonyl (C=O) groups excluding carboxylic acids is 1. The molecule has 1 heterocycles. The summed E-state index contributed by atoms with van der Waals surface area (Å²) in [6, 6.07) is 8.33. The zero-order valence-corrected chi connectivity index (χ0v) is 12.2. The molecule has 1 unspecified atom stereocenters. The largest absolute Gasteiger partial charge is 0.372 e. The first-order valence-corrected chi connectivity index (χ1v) is 7.42. The van der Waals surface area contributed by atoms with E-state index in [9.17, 15) is 4.79 Å². The van der Waals surface area contributed by atoms with Gasteiger partial charge in [0.15, 0.2) is 0 Å². The van der Waals surface area contributed by atoms with Gasteiger partial charge >= 0.3 is 0 Å². The van der Waals surface area contributed by atoms with E-state index in [1.54, 1.807) is 0 Å². The van der Waals surface area contributed by atoms with Crippen LogP contribution in [0.25, 0.3) is 0 Å². The molecule has 1 saturated heterocycles. The molecule has 1 fully saturated rings. The molecule has 1 aromatic rings. The highest BCUT2D eigenvalue weighted by Gasteiger charge is 2.12. The van der Waals surface area contributed by atoms with Gasteiger partial charge in [-0.15, -0.1) is 0 Å². The van der Waals surface area contributed by atoms with Crippen molar-refractivity contribution in [2.75, 3.05) is 25.1 Å². The second-order valence-electron chi connectivity index (χ2n) is 5.41. The number of piperidine rings is 1. The Bertz CT molecular complexity index is 428. The second kappa shape index (κ2) is 8.02. The normalized spacial score (nSPS) is 18.8. The summed E-state index contributed by atoms with van der Waals surface area (Å²) in [6.45, 7) is 3.88. The monoisotopic (exact) mass is 276 g/mol. The summed E-state index contributed by atoms with van der Waals surface area (Å²) < 4.78 is 5.45. The summed E-state index contributed by atoms with van der Waals surface area (Å²) in [7, 11) is 0. The van der Waals surface area contributed by atoms with Gasteiger partial charge in [-0.25, -0.2) is 0 Å². The Morgan fingerprint density at radius 3 is 3.10 bits per heavy atom. The molecule has 0 bridgehead atoms. The molecule has 0 spiro atoms. The first kappa shape index (κ1) is 15.0. The average molecular weight is 276 g/mol. The van der Waals surface area contributed by atoms with E-state index in [-0.39, 0.29) is 12.5 Å². The smallest absolute Gasteiger partial charge is 0.250 e. The van der Waals surface area contributed by atoms with E-state index in [0.717, 1.165) is 24.2 Å². The van der Waals surface area contributed by atoms with Gasteiger partial charge in [-0.3, -0.25) is 4.79 Å².